The molecule has 1 atom stereocenters. The third-order valence-corrected chi connectivity index (χ3v) is 6.10. The zero-order chi connectivity index (χ0) is 21.5. The van der Waals surface area contributed by atoms with Crippen molar-refractivity contribution in [3.63, 3.8) is 0 Å². The first-order chi connectivity index (χ1) is 15.0. The number of imidazole rings is 1. The molecule has 3 aromatic rings. The molecule has 9 heteroatoms. The molecule has 1 saturated carbocycles. The zero-order valence-corrected chi connectivity index (χ0v) is 19.1. The van der Waals surface area contributed by atoms with Crippen LogP contribution in [0.15, 0.2) is 30.6 Å². The Bertz CT molecular complexity index is 1140. The number of aromatic nitrogens is 3. The van der Waals surface area contributed by atoms with Crippen LogP contribution in [0.2, 0.25) is 0 Å². The van der Waals surface area contributed by atoms with Gasteiger partial charge in [-0.05, 0) is 44.4 Å². The van der Waals surface area contributed by atoms with Gasteiger partial charge in [-0.2, -0.15) is 0 Å². The smallest absolute Gasteiger partial charge is 0.259 e. The van der Waals surface area contributed by atoms with Crippen molar-refractivity contribution in [2.45, 2.75) is 45.1 Å². The highest BCUT2D eigenvalue weighted by atomic mass is 35.5. The maximum Gasteiger partial charge on any atom is 0.259 e. The number of hydrogen-bond acceptors (Lipinski definition) is 5. The van der Waals surface area contributed by atoms with Gasteiger partial charge >= 0.3 is 0 Å². The molecular weight excluding hydrogens is 431 g/mol. The van der Waals surface area contributed by atoms with Gasteiger partial charge in [0.05, 0.1) is 23.1 Å². The van der Waals surface area contributed by atoms with Gasteiger partial charge in [0, 0.05) is 43.5 Å². The molecule has 2 fully saturated rings. The SMILES string of the molecule is CC[C@@H]1CN(c2ccc(C(=O)Nc3cn4cc(C)nc4c(C4CC4)n3)c(F)c2)CCN1.Cl. The Balaban J connectivity index is 0.00000245. The van der Waals surface area contributed by atoms with Crippen LogP contribution in [0, 0.1) is 12.7 Å². The van der Waals surface area contributed by atoms with Gasteiger partial charge in [0.15, 0.2) is 5.65 Å². The van der Waals surface area contributed by atoms with Crippen LogP contribution in [0.4, 0.5) is 15.9 Å². The van der Waals surface area contributed by atoms with E-state index in [2.05, 4.69) is 32.4 Å². The van der Waals surface area contributed by atoms with Crippen molar-refractivity contribution in [1.82, 2.24) is 19.7 Å². The van der Waals surface area contributed by atoms with E-state index < -0.39 is 11.7 Å². The Morgan fingerprint density at radius 2 is 2.09 bits per heavy atom. The summed E-state index contributed by atoms with van der Waals surface area (Å²) in [5, 5.41) is 6.23. The van der Waals surface area contributed by atoms with Crippen LogP contribution in [0.5, 0.6) is 0 Å². The molecule has 1 aliphatic heterocycles. The number of carbonyl (C=O) groups excluding carboxylic acids is 1. The van der Waals surface area contributed by atoms with Gasteiger partial charge in [-0.15, -0.1) is 12.4 Å². The Morgan fingerprint density at radius 3 is 2.81 bits per heavy atom. The molecule has 2 aliphatic rings. The van der Waals surface area contributed by atoms with E-state index in [1.54, 1.807) is 12.3 Å². The van der Waals surface area contributed by atoms with Crippen LogP contribution in [0.1, 0.15) is 53.8 Å². The number of benzene rings is 1. The number of piperazine rings is 1. The molecule has 0 unspecified atom stereocenters. The second kappa shape index (κ2) is 9.03. The summed E-state index contributed by atoms with van der Waals surface area (Å²) in [6.07, 6.45) is 6.82. The summed E-state index contributed by atoms with van der Waals surface area (Å²) in [4.78, 5) is 24.2. The third kappa shape index (κ3) is 4.42. The van der Waals surface area contributed by atoms with E-state index in [0.717, 1.165) is 61.6 Å². The minimum absolute atomic E-state index is 0. The minimum atomic E-state index is -0.524. The number of carbonyl (C=O) groups is 1. The molecule has 3 heterocycles. The molecule has 5 rings (SSSR count). The van der Waals surface area contributed by atoms with Gasteiger partial charge in [-0.1, -0.05) is 6.92 Å². The summed E-state index contributed by atoms with van der Waals surface area (Å²) in [5.74, 6) is -0.235. The summed E-state index contributed by atoms with van der Waals surface area (Å²) in [6.45, 7) is 6.59. The van der Waals surface area contributed by atoms with E-state index in [1.165, 1.54) is 6.07 Å². The predicted molar refractivity (Wildman–Crippen MR) is 126 cm³/mol. The highest BCUT2D eigenvalue weighted by Crippen LogP contribution is 2.41. The second-order valence-electron chi connectivity index (χ2n) is 8.52. The average molecular weight is 459 g/mol. The van der Waals surface area contributed by atoms with Crippen molar-refractivity contribution in [2.75, 3.05) is 29.9 Å². The molecular formula is C23H28ClFN6O. The predicted octanol–water partition coefficient (Wildman–Crippen LogP) is 3.92. The molecule has 2 aromatic heterocycles. The molecule has 32 heavy (non-hydrogen) atoms. The normalized spacial score (nSPS) is 18.5. The highest BCUT2D eigenvalue weighted by molar-refractivity contribution is 6.04. The zero-order valence-electron chi connectivity index (χ0n) is 18.3. The summed E-state index contributed by atoms with van der Waals surface area (Å²) in [6, 6.07) is 5.23. The van der Waals surface area contributed by atoms with E-state index in [9.17, 15) is 9.18 Å². The fraction of sp³-hybridized carbons (Fsp3) is 0.435. The fourth-order valence-corrected chi connectivity index (χ4v) is 4.24. The molecule has 1 aliphatic carbocycles. The lowest BCUT2D eigenvalue weighted by molar-refractivity contribution is 0.102. The summed E-state index contributed by atoms with van der Waals surface area (Å²) in [7, 11) is 0. The Morgan fingerprint density at radius 1 is 1.28 bits per heavy atom. The van der Waals surface area contributed by atoms with E-state index in [1.807, 2.05) is 23.6 Å². The lowest BCUT2D eigenvalue weighted by Crippen LogP contribution is -2.50. The number of halogens is 2. The molecule has 0 bridgehead atoms. The Hall–Kier alpha value is -2.71. The Kier molecular flexibility index (Phi) is 6.35. The monoisotopic (exact) mass is 458 g/mol. The number of fused-ring (bicyclic) bond motifs is 1. The Labute approximate surface area is 192 Å². The summed E-state index contributed by atoms with van der Waals surface area (Å²) < 4.78 is 16.8. The number of nitrogens with one attached hydrogen (secondary N) is 2. The molecule has 170 valence electrons. The van der Waals surface area contributed by atoms with Crippen LogP contribution < -0.4 is 15.5 Å². The fourth-order valence-electron chi connectivity index (χ4n) is 4.24. The van der Waals surface area contributed by atoms with Crippen molar-refractivity contribution in [3.8, 4) is 0 Å². The topological polar surface area (TPSA) is 74.6 Å². The van der Waals surface area contributed by atoms with Crippen molar-refractivity contribution >= 4 is 35.5 Å². The standard InChI is InChI=1S/C23H27FN6O.ClH/c1-3-16-12-29(9-8-25-16)17-6-7-18(19(24)10-17)23(31)28-20-13-30-11-14(2)26-22(30)21(27-20)15-4-5-15;/h6-7,10-11,13,15-16,25H,3-5,8-9,12H2,1-2H3,(H,28,31);1H/t16-;/m1./s1. The molecule has 2 N–H and O–H groups in total. The quantitative estimate of drug-likeness (QED) is 0.606. The molecule has 1 amide bonds. The summed E-state index contributed by atoms with van der Waals surface area (Å²) in [5.41, 5.74) is 3.44. The minimum Gasteiger partial charge on any atom is -0.369 e. The maximum absolute atomic E-state index is 14.9. The van der Waals surface area contributed by atoms with E-state index in [-0.39, 0.29) is 18.0 Å². The van der Waals surface area contributed by atoms with Crippen LogP contribution >= 0.6 is 12.4 Å². The maximum atomic E-state index is 14.9. The molecule has 0 spiro atoms. The third-order valence-electron chi connectivity index (χ3n) is 6.10. The second-order valence-corrected chi connectivity index (χ2v) is 8.52. The number of aryl methyl sites for hydroxylation is 1. The lowest BCUT2D eigenvalue weighted by Gasteiger charge is -2.35. The van der Waals surface area contributed by atoms with Gasteiger partial charge < -0.3 is 19.9 Å². The van der Waals surface area contributed by atoms with Crippen molar-refractivity contribution in [3.05, 3.63) is 53.4 Å². The average Bonchev–Trinajstić information content (AvgIpc) is 3.54. The van der Waals surface area contributed by atoms with E-state index >= 15 is 0 Å². The first-order valence-corrected chi connectivity index (χ1v) is 11.0. The van der Waals surface area contributed by atoms with Gasteiger partial charge in [0.25, 0.3) is 5.91 Å². The highest BCUT2D eigenvalue weighted by Gasteiger charge is 2.29. The molecule has 1 saturated heterocycles. The summed E-state index contributed by atoms with van der Waals surface area (Å²) >= 11 is 0. The van der Waals surface area contributed by atoms with Crippen LogP contribution in [0.3, 0.4) is 0 Å². The van der Waals surface area contributed by atoms with Crippen molar-refractivity contribution < 1.29 is 9.18 Å². The largest absolute Gasteiger partial charge is 0.369 e. The van der Waals surface area contributed by atoms with Gasteiger partial charge in [0.2, 0.25) is 0 Å². The van der Waals surface area contributed by atoms with Crippen LogP contribution in [-0.4, -0.2) is 46.0 Å². The van der Waals surface area contributed by atoms with Gasteiger partial charge in [-0.3, -0.25) is 4.79 Å². The first kappa shape index (κ1) is 22.5. The van der Waals surface area contributed by atoms with E-state index in [4.69, 9.17) is 0 Å². The first-order valence-electron chi connectivity index (χ1n) is 11.0. The molecule has 7 nitrogen and oxygen atoms in total. The van der Waals surface area contributed by atoms with E-state index in [0.29, 0.717) is 17.8 Å². The number of amides is 1. The number of hydrogen-bond donors (Lipinski definition) is 2. The van der Waals surface area contributed by atoms with Crippen molar-refractivity contribution in [1.29, 1.82) is 0 Å². The number of rotatable bonds is 5. The van der Waals surface area contributed by atoms with Gasteiger partial charge in [-0.25, -0.2) is 14.4 Å². The van der Waals surface area contributed by atoms with Gasteiger partial charge in [0.1, 0.15) is 11.6 Å². The van der Waals surface area contributed by atoms with Crippen LogP contribution in [0.25, 0.3) is 5.65 Å². The molecule has 0 radical (unpaired) electrons. The lowest BCUT2D eigenvalue weighted by atomic mass is 10.1. The van der Waals surface area contributed by atoms with Crippen LogP contribution in [-0.2, 0) is 0 Å². The number of anilines is 2. The van der Waals surface area contributed by atoms with Crippen molar-refractivity contribution in [2.24, 2.45) is 0 Å². The number of nitrogens with zero attached hydrogens (tertiary/aromatic N) is 4. The molecule has 1 aromatic carbocycles.